The van der Waals surface area contributed by atoms with E-state index in [0.29, 0.717) is 42.5 Å². The smallest absolute Gasteiger partial charge is 0.339 e. The third-order valence-electron chi connectivity index (χ3n) is 4.51. The van der Waals surface area contributed by atoms with Crippen molar-refractivity contribution in [1.82, 2.24) is 10.6 Å². The molecule has 0 fully saturated rings. The van der Waals surface area contributed by atoms with E-state index in [9.17, 15) is 19.5 Å². The number of hydrogen-bond acceptors (Lipinski definition) is 8. The van der Waals surface area contributed by atoms with Gasteiger partial charge >= 0.3 is 5.63 Å². The van der Waals surface area contributed by atoms with Crippen molar-refractivity contribution in [2.75, 3.05) is 40.5 Å². The maximum atomic E-state index is 12.4. The first-order valence-corrected chi connectivity index (χ1v) is 9.25. The minimum absolute atomic E-state index is 0.0127. The fraction of sp³-hybridized carbons (Fsp3) is 0.450. The van der Waals surface area contributed by atoms with E-state index in [1.165, 1.54) is 13.2 Å². The molecule has 0 saturated heterocycles. The highest BCUT2D eigenvalue weighted by Crippen LogP contribution is 2.37. The van der Waals surface area contributed by atoms with Gasteiger partial charge in [0.25, 0.3) is 0 Å². The van der Waals surface area contributed by atoms with Gasteiger partial charge in [-0.3, -0.25) is 9.59 Å². The Kier molecular flexibility index (Phi) is 8.17. The highest BCUT2D eigenvalue weighted by molar-refractivity contribution is 6.00. The third-order valence-corrected chi connectivity index (χ3v) is 4.51. The molecule has 0 atom stereocenters. The van der Waals surface area contributed by atoms with Crippen LogP contribution in [-0.4, -0.2) is 57.8 Å². The van der Waals surface area contributed by atoms with E-state index >= 15 is 0 Å². The molecule has 2 rings (SSSR count). The molecule has 0 radical (unpaired) electrons. The van der Waals surface area contributed by atoms with Crippen molar-refractivity contribution in [3.05, 3.63) is 33.2 Å². The first-order valence-electron chi connectivity index (χ1n) is 9.25. The van der Waals surface area contributed by atoms with Crippen molar-refractivity contribution < 1.29 is 28.6 Å². The summed E-state index contributed by atoms with van der Waals surface area (Å²) in [6.07, 6.45) is 0.724. The van der Waals surface area contributed by atoms with Crippen LogP contribution in [0.5, 0.6) is 11.5 Å². The topological polar surface area (TPSA) is 127 Å². The van der Waals surface area contributed by atoms with Gasteiger partial charge in [-0.25, -0.2) is 4.79 Å². The number of phenols is 1. The Morgan fingerprint density at radius 1 is 1.31 bits per heavy atom. The van der Waals surface area contributed by atoms with Gasteiger partial charge in [0.2, 0.25) is 5.91 Å². The normalized spacial score (nSPS) is 10.9. The number of phenolic OH excluding ortho intramolecular Hbond substituents is 1. The number of benzene rings is 1. The number of hydrogen-bond donors (Lipinski definition) is 3. The van der Waals surface area contributed by atoms with Gasteiger partial charge in [0.15, 0.2) is 23.4 Å². The molecular formula is C20H26N2O7. The van der Waals surface area contributed by atoms with Gasteiger partial charge in [0.05, 0.1) is 6.61 Å². The van der Waals surface area contributed by atoms with Crippen LogP contribution < -0.4 is 21.0 Å². The number of aldehydes is 1. The summed E-state index contributed by atoms with van der Waals surface area (Å²) in [6.45, 7) is 3.31. The van der Waals surface area contributed by atoms with Crippen molar-refractivity contribution >= 4 is 23.2 Å². The molecule has 1 aromatic carbocycles. The molecule has 3 N–H and O–H groups in total. The number of carbonyl (C=O) groups excluding carboxylic acids is 2. The Labute approximate surface area is 168 Å². The first-order chi connectivity index (χ1) is 13.9. The molecule has 0 saturated carbocycles. The number of methoxy groups -OCH3 is 1. The van der Waals surface area contributed by atoms with E-state index < -0.39 is 11.4 Å². The summed E-state index contributed by atoms with van der Waals surface area (Å²) in [5.41, 5.74) is 0.0898. The minimum Gasteiger partial charge on any atom is -0.504 e. The second-order valence-electron chi connectivity index (χ2n) is 6.42. The van der Waals surface area contributed by atoms with Crippen LogP contribution in [0.15, 0.2) is 15.3 Å². The molecule has 0 aliphatic rings. The lowest BCUT2D eigenvalue weighted by Gasteiger charge is -2.14. The predicted octanol–water partition coefficient (Wildman–Crippen LogP) is 0.913. The molecule has 0 bridgehead atoms. The molecule has 0 spiro atoms. The third kappa shape index (κ3) is 5.33. The van der Waals surface area contributed by atoms with Crippen molar-refractivity contribution in [3.63, 3.8) is 0 Å². The summed E-state index contributed by atoms with van der Waals surface area (Å²) in [6, 6.07) is 1.52. The minimum atomic E-state index is -0.645. The summed E-state index contributed by atoms with van der Waals surface area (Å²) in [4.78, 5) is 35.9. The van der Waals surface area contributed by atoms with Crippen LogP contribution >= 0.6 is 0 Å². The van der Waals surface area contributed by atoms with Crippen LogP contribution in [0.25, 0.3) is 11.0 Å². The molecule has 0 unspecified atom stereocenters. The quantitative estimate of drug-likeness (QED) is 0.286. The molecule has 29 heavy (non-hydrogen) atoms. The zero-order valence-corrected chi connectivity index (χ0v) is 16.8. The fourth-order valence-electron chi connectivity index (χ4n) is 2.91. The van der Waals surface area contributed by atoms with E-state index in [-0.39, 0.29) is 42.3 Å². The lowest BCUT2D eigenvalue weighted by molar-refractivity contribution is -0.121. The van der Waals surface area contributed by atoms with Gasteiger partial charge in [-0.2, -0.15) is 0 Å². The zero-order chi connectivity index (χ0) is 21.4. The summed E-state index contributed by atoms with van der Waals surface area (Å²) >= 11 is 0. The standard InChI is InChI=1S/C20H26N2O7/c1-12-13(4-5-17(24)22-7-6-21-2)20(26)29-19-14(12)10-16(28-9-8-27-3)18(25)15(19)11-23/h10-11,21,25H,4-9H2,1-3H3,(H,22,24). The largest absolute Gasteiger partial charge is 0.504 e. The summed E-state index contributed by atoms with van der Waals surface area (Å²) in [5, 5.41) is 16.4. The number of rotatable bonds is 11. The Hall–Kier alpha value is -2.91. The van der Waals surface area contributed by atoms with Gasteiger partial charge in [-0.15, -0.1) is 0 Å². The lowest BCUT2D eigenvalue weighted by Crippen LogP contribution is -2.30. The number of fused-ring (bicyclic) bond motifs is 1. The Balaban J connectivity index is 2.38. The Bertz CT molecular complexity index is 937. The average Bonchev–Trinajstić information content (AvgIpc) is 2.69. The molecule has 0 aliphatic carbocycles. The lowest BCUT2D eigenvalue weighted by atomic mass is 9.99. The molecular weight excluding hydrogens is 380 g/mol. The second-order valence-corrected chi connectivity index (χ2v) is 6.42. The van der Waals surface area contributed by atoms with Crippen molar-refractivity contribution in [1.29, 1.82) is 0 Å². The zero-order valence-electron chi connectivity index (χ0n) is 16.8. The van der Waals surface area contributed by atoms with Crippen LogP contribution in [0.1, 0.15) is 27.9 Å². The van der Waals surface area contributed by atoms with Gasteiger partial charge in [0, 0.05) is 37.6 Å². The van der Waals surface area contributed by atoms with Gasteiger partial charge in [0.1, 0.15) is 12.2 Å². The van der Waals surface area contributed by atoms with Gasteiger partial charge in [-0.1, -0.05) is 0 Å². The maximum absolute atomic E-state index is 12.4. The maximum Gasteiger partial charge on any atom is 0.339 e. The second kappa shape index (κ2) is 10.6. The van der Waals surface area contributed by atoms with Crippen molar-refractivity contribution in [2.45, 2.75) is 19.8 Å². The van der Waals surface area contributed by atoms with E-state index in [1.54, 1.807) is 14.0 Å². The Morgan fingerprint density at radius 3 is 2.72 bits per heavy atom. The number of ether oxygens (including phenoxy) is 2. The van der Waals surface area contributed by atoms with E-state index in [4.69, 9.17) is 13.9 Å². The summed E-state index contributed by atoms with van der Waals surface area (Å²) in [5.74, 6) is -0.491. The van der Waals surface area contributed by atoms with E-state index in [1.807, 2.05) is 0 Å². The Morgan fingerprint density at radius 2 is 2.07 bits per heavy atom. The summed E-state index contributed by atoms with van der Waals surface area (Å²) < 4.78 is 15.7. The molecule has 1 aromatic heterocycles. The highest BCUT2D eigenvalue weighted by Gasteiger charge is 2.20. The highest BCUT2D eigenvalue weighted by atomic mass is 16.5. The van der Waals surface area contributed by atoms with Crippen LogP contribution in [0, 0.1) is 6.92 Å². The molecule has 2 aromatic rings. The molecule has 158 valence electrons. The number of nitrogens with one attached hydrogen (secondary N) is 2. The SMILES string of the molecule is CNCCNC(=O)CCc1c(C)c2cc(OCCOC)c(O)c(C=O)c2oc1=O. The summed E-state index contributed by atoms with van der Waals surface area (Å²) in [7, 11) is 3.30. The number of carbonyl (C=O) groups is 2. The van der Waals surface area contributed by atoms with Gasteiger partial charge in [-0.05, 0) is 32.0 Å². The number of aromatic hydroxyl groups is 1. The molecule has 1 amide bonds. The van der Waals surface area contributed by atoms with Crippen LogP contribution in [0.2, 0.25) is 0 Å². The van der Waals surface area contributed by atoms with Crippen LogP contribution in [-0.2, 0) is 16.0 Å². The monoisotopic (exact) mass is 406 g/mol. The van der Waals surface area contributed by atoms with Crippen molar-refractivity contribution in [2.24, 2.45) is 0 Å². The predicted molar refractivity (Wildman–Crippen MR) is 107 cm³/mol. The number of likely N-dealkylation sites (N-methyl/N-ethyl adjacent to an activating group) is 1. The number of amides is 1. The number of aryl methyl sites for hydroxylation is 1. The molecule has 9 heteroatoms. The molecule has 9 nitrogen and oxygen atoms in total. The van der Waals surface area contributed by atoms with Crippen LogP contribution in [0.4, 0.5) is 0 Å². The molecule has 1 heterocycles. The average molecular weight is 406 g/mol. The van der Waals surface area contributed by atoms with Crippen LogP contribution in [0.3, 0.4) is 0 Å². The van der Waals surface area contributed by atoms with Crippen molar-refractivity contribution in [3.8, 4) is 11.5 Å². The fourth-order valence-corrected chi connectivity index (χ4v) is 2.91. The first kappa shape index (κ1) is 22.4. The van der Waals surface area contributed by atoms with E-state index in [0.717, 1.165) is 0 Å². The van der Waals surface area contributed by atoms with E-state index in [2.05, 4.69) is 10.6 Å². The molecule has 0 aliphatic heterocycles. The van der Waals surface area contributed by atoms with Gasteiger partial charge < -0.3 is 29.6 Å².